The van der Waals surface area contributed by atoms with Crippen LogP contribution in [0.4, 0.5) is 0 Å². The molecule has 128 valence electrons. The van der Waals surface area contributed by atoms with E-state index in [-0.39, 0.29) is 0 Å². The average Bonchev–Trinajstić information content (AvgIpc) is 3.18. The molecule has 0 unspecified atom stereocenters. The molecule has 0 amide bonds. The number of rotatable bonds is 5. The molecule has 0 aliphatic rings. The van der Waals surface area contributed by atoms with Crippen LogP contribution in [0.2, 0.25) is 5.02 Å². The summed E-state index contributed by atoms with van der Waals surface area (Å²) in [6, 6.07) is 18.9. The van der Waals surface area contributed by atoms with Crippen LogP contribution in [-0.2, 0) is 6.61 Å². The van der Waals surface area contributed by atoms with Crippen LogP contribution in [0.15, 0.2) is 77.6 Å². The number of hydrogen-bond donors (Lipinski definition) is 0. The molecule has 0 spiro atoms. The van der Waals surface area contributed by atoms with Crippen LogP contribution in [0.5, 0.6) is 5.75 Å². The number of pyridine rings is 1. The second kappa shape index (κ2) is 7.37. The SMILES string of the molecule is Clc1ccc(OCc2ccccc2)c(-c2nc(-c3cccnc3)no2)c1. The van der Waals surface area contributed by atoms with Gasteiger partial charge < -0.3 is 9.26 Å². The zero-order chi connectivity index (χ0) is 17.8. The fourth-order valence-electron chi connectivity index (χ4n) is 2.48. The molecule has 2 aromatic carbocycles. The molecule has 5 nitrogen and oxygen atoms in total. The normalized spacial score (nSPS) is 10.7. The summed E-state index contributed by atoms with van der Waals surface area (Å²) in [5.41, 5.74) is 2.49. The van der Waals surface area contributed by atoms with Crippen molar-refractivity contribution in [1.29, 1.82) is 0 Å². The second-order valence-electron chi connectivity index (χ2n) is 5.58. The van der Waals surface area contributed by atoms with E-state index in [9.17, 15) is 0 Å². The summed E-state index contributed by atoms with van der Waals surface area (Å²) >= 11 is 6.15. The molecule has 4 rings (SSSR count). The van der Waals surface area contributed by atoms with Gasteiger partial charge in [-0.3, -0.25) is 4.98 Å². The lowest BCUT2D eigenvalue weighted by molar-refractivity contribution is 0.306. The van der Waals surface area contributed by atoms with Crippen molar-refractivity contribution in [3.63, 3.8) is 0 Å². The highest BCUT2D eigenvalue weighted by Gasteiger charge is 2.16. The van der Waals surface area contributed by atoms with Gasteiger partial charge in [-0.25, -0.2) is 0 Å². The smallest absolute Gasteiger partial charge is 0.262 e. The highest BCUT2D eigenvalue weighted by Crippen LogP contribution is 2.33. The van der Waals surface area contributed by atoms with Gasteiger partial charge >= 0.3 is 0 Å². The van der Waals surface area contributed by atoms with Crippen molar-refractivity contribution in [2.45, 2.75) is 6.61 Å². The third-order valence-corrected chi connectivity index (χ3v) is 3.99. The second-order valence-corrected chi connectivity index (χ2v) is 6.02. The van der Waals surface area contributed by atoms with E-state index in [4.69, 9.17) is 20.9 Å². The van der Waals surface area contributed by atoms with Crippen molar-refractivity contribution in [2.24, 2.45) is 0 Å². The van der Waals surface area contributed by atoms with Gasteiger partial charge in [0.15, 0.2) is 0 Å². The quantitative estimate of drug-likeness (QED) is 0.497. The molecule has 0 aliphatic heterocycles. The maximum atomic E-state index is 6.15. The molecule has 2 heterocycles. The summed E-state index contributed by atoms with van der Waals surface area (Å²) < 4.78 is 11.4. The Balaban J connectivity index is 1.64. The topological polar surface area (TPSA) is 61.0 Å². The Bertz CT molecular complexity index is 1000. The highest BCUT2D eigenvalue weighted by atomic mass is 35.5. The van der Waals surface area contributed by atoms with Crippen molar-refractivity contribution in [3.8, 4) is 28.6 Å². The van der Waals surface area contributed by atoms with Gasteiger partial charge in [0.2, 0.25) is 5.82 Å². The maximum Gasteiger partial charge on any atom is 0.262 e. The minimum atomic E-state index is 0.342. The minimum Gasteiger partial charge on any atom is -0.488 e. The first-order valence-corrected chi connectivity index (χ1v) is 8.38. The molecule has 0 radical (unpaired) electrons. The lowest BCUT2D eigenvalue weighted by Crippen LogP contribution is -1.97. The van der Waals surface area contributed by atoms with Gasteiger partial charge in [-0.05, 0) is 35.9 Å². The first-order valence-electron chi connectivity index (χ1n) is 8.00. The highest BCUT2D eigenvalue weighted by molar-refractivity contribution is 6.30. The van der Waals surface area contributed by atoms with Gasteiger partial charge in [0.05, 0.1) is 5.56 Å². The number of ether oxygens (including phenoxy) is 1. The Hall–Kier alpha value is -3.18. The number of halogens is 1. The summed E-state index contributed by atoms with van der Waals surface area (Å²) in [5.74, 6) is 1.43. The van der Waals surface area contributed by atoms with E-state index in [1.807, 2.05) is 42.5 Å². The van der Waals surface area contributed by atoms with Crippen LogP contribution < -0.4 is 4.74 Å². The molecule has 0 saturated carbocycles. The van der Waals surface area contributed by atoms with E-state index in [0.29, 0.717) is 34.7 Å². The van der Waals surface area contributed by atoms with E-state index in [1.165, 1.54) is 0 Å². The summed E-state index contributed by atoms with van der Waals surface area (Å²) in [4.78, 5) is 8.52. The lowest BCUT2D eigenvalue weighted by atomic mass is 10.2. The van der Waals surface area contributed by atoms with Crippen molar-refractivity contribution in [1.82, 2.24) is 15.1 Å². The molecule has 2 aromatic heterocycles. The molecule has 0 N–H and O–H groups in total. The Morgan fingerprint density at radius 1 is 1.00 bits per heavy atom. The van der Waals surface area contributed by atoms with Gasteiger partial charge in [-0.2, -0.15) is 4.98 Å². The standard InChI is InChI=1S/C20H14ClN3O2/c21-16-8-9-18(25-13-14-5-2-1-3-6-14)17(11-16)20-23-19(24-26-20)15-7-4-10-22-12-15/h1-12H,13H2. The van der Waals surface area contributed by atoms with Crippen molar-refractivity contribution < 1.29 is 9.26 Å². The van der Waals surface area contributed by atoms with E-state index in [0.717, 1.165) is 11.1 Å². The maximum absolute atomic E-state index is 6.15. The Morgan fingerprint density at radius 2 is 1.88 bits per heavy atom. The Labute approximate surface area is 155 Å². The van der Waals surface area contributed by atoms with E-state index >= 15 is 0 Å². The van der Waals surface area contributed by atoms with Gasteiger partial charge in [-0.1, -0.05) is 47.1 Å². The molecule has 0 aliphatic carbocycles. The minimum absolute atomic E-state index is 0.342. The average molecular weight is 364 g/mol. The molecule has 0 fully saturated rings. The number of benzene rings is 2. The monoisotopic (exact) mass is 363 g/mol. The van der Waals surface area contributed by atoms with E-state index < -0.39 is 0 Å². The van der Waals surface area contributed by atoms with Crippen LogP contribution in [0.1, 0.15) is 5.56 Å². The van der Waals surface area contributed by atoms with E-state index in [1.54, 1.807) is 30.6 Å². The number of hydrogen-bond acceptors (Lipinski definition) is 5. The van der Waals surface area contributed by atoms with Crippen LogP contribution in [0.3, 0.4) is 0 Å². The fourth-order valence-corrected chi connectivity index (χ4v) is 2.65. The lowest BCUT2D eigenvalue weighted by Gasteiger charge is -2.09. The molecule has 4 aromatic rings. The first kappa shape index (κ1) is 16.3. The molecule has 26 heavy (non-hydrogen) atoms. The molecular weight excluding hydrogens is 350 g/mol. The van der Waals surface area contributed by atoms with Crippen LogP contribution in [0, 0.1) is 0 Å². The number of aromatic nitrogens is 3. The Morgan fingerprint density at radius 3 is 2.69 bits per heavy atom. The van der Waals surface area contributed by atoms with Crippen LogP contribution >= 0.6 is 11.6 Å². The van der Waals surface area contributed by atoms with Crippen LogP contribution in [-0.4, -0.2) is 15.1 Å². The summed E-state index contributed by atoms with van der Waals surface area (Å²) in [6.45, 7) is 0.430. The molecule has 0 atom stereocenters. The molecule has 0 bridgehead atoms. The largest absolute Gasteiger partial charge is 0.488 e. The van der Waals surface area contributed by atoms with Gasteiger partial charge in [0.1, 0.15) is 12.4 Å². The van der Waals surface area contributed by atoms with Crippen molar-refractivity contribution >= 4 is 11.6 Å². The van der Waals surface area contributed by atoms with Crippen LogP contribution in [0.25, 0.3) is 22.8 Å². The van der Waals surface area contributed by atoms with Gasteiger partial charge in [0.25, 0.3) is 5.89 Å². The van der Waals surface area contributed by atoms with Gasteiger partial charge in [0, 0.05) is 23.0 Å². The first-order chi connectivity index (χ1) is 12.8. The summed E-state index contributed by atoms with van der Waals surface area (Å²) in [5, 5.41) is 4.59. The summed E-state index contributed by atoms with van der Waals surface area (Å²) in [7, 11) is 0. The molecule has 6 heteroatoms. The van der Waals surface area contributed by atoms with Gasteiger partial charge in [-0.15, -0.1) is 0 Å². The molecule has 0 saturated heterocycles. The predicted octanol–water partition coefficient (Wildman–Crippen LogP) is 5.03. The van der Waals surface area contributed by atoms with E-state index in [2.05, 4.69) is 15.1 Å². The predicted molar refractivity (Wildman–Crippen MR) is 98.7 cm³/mol. The third kappa shape index (κ3) is 3.58. The fraction of sp³-hybridized carbons (Fsp3) is 0.0500. The van der Waals surface area contributed by atoms with Crippen molar-refractivity contribution in [2.75, 3.05) is 0 Å². The zero-order valence-corrected chi connectivity index (χ0v) is 14.4. The number of nitrogens with zero attached hydrogens (tertiary/aromatic N) is 3. The Kier molecular flexibility index (Phi) is 4.62. The third-order valence-electron chi connectivity index (χ3n) is 3.75. The molecular formula is C20H14ClN3O2. The van der Waals surface area contributed by atoms with Crippen molar-refractivity contribution in [3.05, 3.63) is 83.6 Å². The zero-order valence-electron chi connectivity index (χ0n) is 13.7. The summed E-state index contributed by atoms with van der Waals surface area (Å²) in [6.07, 6.45) is 3.37.